The van der Waals surface area contributed by atoms with E-state index in [1.54, 1.807) is 0 Å². The predicted octanol–water partition coefficient (Wildman–Crippen LogP) is 1.06. The van der Waals surface area contributed by atoms with Crippen molar-refractivity contribution in [3.8, 4) is 0 Å². The van der Waals surface area contributed by atoms with Gasteiger partial charge in [0.15, 0.2) is 0 Å². The molecule has 0 fully saturated rings. The molecule has 0 amide bonds. The molecular formula is C6H15NOS. The molecule has 0 saturated carbocycles. The summed E-state index contributed by atoms with van der Waals surface area (Å²) in [5.41, 5.74) is -0.0269. The largest absolute Gasteiger partial charge is 0.243 e. The first-order valence-corrected chi connectivity index (χ1v) is 4.44. The van der Waals surface area contributed by atoms with Crippen molar-refractivity contribution in [2.45, 2.75) is 33.2 Å². The van der Waals surface area contributed by atoms with Crippen LogP contribution in [0, 0.1) is 0 Å². The van der Waals surface area contributed by atoms with Crippen molar-refractivity contribution in [3.63, 3.8) is 0 Å². The van der Waals surface area contributed by atoms with Gasteiger partial charge in [0.05, 0.1) is 11.0 Å². The van der Waals surface area contributed by atoms with Gasteiger partial charge in [0.2, 0.25) is 0 Å². The minimum atomic E-state index is -0.846. The third-order valence-electron chi connectivity index (χ3n) is 0.682. The summed E-state index contributed by atoms with van der Waals surface area (Å²) in [5, 5.41) is 0. The van der Waals surface area contributed by atoms with Crippen molar-refractivity contribution in [2.75, 3.05) is 5.75 Å². The molecule has 0 spiro atoms. The van der Waals surface area contributed by atoms with Crippen molar-refractivity contribution in [2.24, 2.45) is 0 Å². The molecule has 0 aromatic heterocycles. The Kier molecular flexibility index (Phi) is 3.36. The van der Waals surface area contributed by atoms with Gasteiger partial charge in [-0.2, -0.15) is 0 Å². The van der Waals surface area contributed by atoms with E-state index in [0.717, 1.165) is 0 Å². The van der Waals surface area contributed by atoms with Gasteiger partial charge in [-0.05, 0) is 20.8 Å². The molecule has 2 nitrogen and oxygen atoms in total. The standard InChI is InChI=1S/C6H15NOS/c1-5-9(8)7-6(2,3)4/h7H,5H2,1-4H3/t9-/m0/s1. The maximum atomic E-state index is 10.8. The summed E-state index contributed by atoms with van der Waals surface area (Å²) >= 11 is 0. The summed E-state index contributed by atoms with van der Waals surface area (Å²) in [6.07, 6.45) is 0. The lowest BCUT2D eigenvalue weighted by molar-refractivity contribution is 0.520. The normalized spacial score (nSPS) is 15.6. The Morgan fingerprint density at radius 1 is 1.44 bits per heavy atom. The molecule has 0 aromatic carbocycles. The quantitative estimate of drug-likeness (QED) is 0.625. The van der Waals surface area contributed by atoms with Crippen LogP contribution in [0.4, 0.5) is 0 Å². The average molecular weight is 149 g/mol. The van der Waals surface area contributed by atoms with Crippen molar-refractivity contribution in [3.05, 3.63) is 0 Å². The highest BCUT2D eigenvalue weighted by Crippen LogP contribution is 1.98. The van der Waals surface area contributed by atoms with Crippen LogP contribution in [0.15, 0.2) is 0 Å². The van der Waals surface area contributed by atoms with Crippen LogP contribution in [-0.4, -0.2) is 15.5 Å². The zero-order chi connectivity index (χ0) is 7.49. The summed E-state index contributed by atoms with van der Waals surface area (Å²) in [6, 6.07) is 0. The topological polar surface area (TPSA) is 29.1 Å². The summed E-state index contributed by atoms with van der Waals surface area (Å²) in [5.74, 6) is 0.678. The van der Waals surface area contributed by atoms with Crippen LogP contribution in [-0.2, 0) is 11.0 Å². The molecule has 0 radical (unpaired) electrons. The van der Waals surface area contributed by atoms with Crippen LogP contribution in [0.3, 0.4) is 0 Å². The molecule has 1 N–H and O–H groups in total. The first kappa shape index (κ1) is 9.11. The second-order valence-electron chi connectivity index (χ2n) is 2.99. The summed E-state index contributed by atoms with van der Waals surface area (Å²) in [7, 11) is -0.846. The Labute approximate surface area is 59.6 Å². The molecule has 0 rings (SSSR count). The van der Waals surface area contributed by atoms with Crippen LogP contribution < -0.4 is 4.72 Å². The second kappa shape index (κ2) is 3.32. The number of hydrogen-bond acceptors (Lipinski definition) is 1. The molecule has 0 aliphatic heterocycles. The Morgan fingerprint density at radius 3 is 2.00 bits per heavy atom. The first-order chi connectivity index (χ1) is 3.95. The maximum absolute atomic E-state index is 10.8. The Hall–Kier alpha value is 0.110. The van der Waals surface area contributed by atoms with Gasteiger partial charge in [0.1, 0.15) is 0 Å². The maximum Gasteiger partial charge on any atom is 0.0917 e. The Bertz CT molecular complexity index is 106. The monoisotopic (exact) mass is 149 g/mol. The van der Waals surface area contributed by atoms with Gasteiger partial charge in [-0.1, -0.05) is 6.92 Å². The van der Waals surface area contributed by atoms with Gasteiger partial charge in [0, 0.05) is 11.3 Å². The fourth-order valence-electron chi connectivity index (χ4n) is 0.414. The predicted molar refractivity (Wildman–Crippen MR) is 41.6 cm³/mol. The lowest BCUT2D eigenvalue weighted by Crippen LogP contribution is -2.37. The minimum absolute atomic E-state index is 0.0269. The minimum Gasteiger partial charge on any atom is -0.243 e. The molecule has 0 aliphatic carbocycles. The summed E-state index contributed by atoms with van der Waals surface area (Å²) in [4.78, 5) is 0. The van der Waals surface area contributed by atoms with E-state index in [0.29, 0.717) is 5.75 Å². The van der Waals surface area contributed by atoms with Crippen LogP contribution in [0.5, 0.6) is 0 Å². The van der Waals surface area contributed by atoms with Crippen molar-refractivity contribution in [1.29, 1.82) is 0 Å². The van der Waals surface area contributed by atoms with E-state index in [1.807, 2.05) is 27.7 Å². The number of hydrogen-bond donors (Lipinski definition) is 1. The van der Waals surface area contributed by atoms with Crippen molar-refractivity contribution >= 4 is 11.0 Å². The lowest BCUT2D eigenvalue weighted by Gasteiger charge is -2.18. The van der Waals surface area contributed by atoms with Crippen LogP contribution in [0.25, 0.3) is 0 Å². The van der Waals surface area contributed by atoms with E-state index in [4.69, 9.17) is 0 Å². The number of nitrogens with one attached hydrogen (secondary N) is 1. The molecule has 0 unspecified atom stereocenters. The summed E-state index contributed by atoms with van der Waals surface area (Å²) < 4.78 is 13.8. The zero-order valence-corrected chi connectivity index (χ0v) is 7.34. The van der Waals surface area contributed by atoms with Crippen LogP contribution in [0.2, 0.25) is 0 Å². The molecule has 1 atom stereocenters. The Morgan fingerprint density at radius 2 is 1.89 bits per heavy atom. The van der Waals surface area contributed by atoms with Crippen LogP contribution in [0.1, 0.15) is 27.7 Å². The number of rotatable bonds is 2. The third-order valence-corrected chi connectivity index (χ3v) is 2.05. The van der Waals surface area contributed by atoms with E-state index in [1.165, 1.54) is 0 Å². The van der Waals surface area contributed by atoms with E-state index < -0.39 is 11.0 Å². The van der Waals surface area contributed by atoms with Gasteiger partial charge in [-0.25, -0.2) is 8.93 Å². The van der Waals surface area contributed by atoms with Crippen molar-refractivity contribution in [1.82, 2.24) is 4.72 Å². The fraction of sp³-hybridized carbons (Fsp3) is 1.00. The highest BCUT2D eigenvalue weighted by molar-refractivity contribution is 7.83. The molecule has 9 heavy (non-hydrogen) atoms. The van der Waals surface area contributed by atoms with Crippen molar-refractivity contribution < 1.29 is 4.21 Å². The third kappa shape index (κ3) is 5.99. The molecule has 3 heteroatoms. The molecule has 0 heterocycles. The van der Waals surface area contributed by atoms with E-state index >= 15 is 0 Å². The van der Waals surface area contributed by atoms with E-state index in [2.05, 4.69) is 4.72 Å². The smallest absolute Gasteiger partial charge is 0.0917 e. The second-order valence-corrected chi connectivity index (χ2v) is 4.46. The molecule has 0 aromatic rings. The molecule has 0 bridgehead atoms. The van der Waals surface area contributed by atoms with Gasteiger partial charge in [0.25, 0.3) is 0 Å². The Balaban J connectivity index is 3.60. The molecule has 0 saturated heterocycles. The van der Waals surface area contributed by atoms with E-state index in [9.17, 15) is 4.21 Å². The summed E-state index contributed by atoms with van der Waals surface area (Å²) in [6.45, 7) is 7.90. The lowest BCUT2D eigenvalue weighted by atomic mass is 10.1. The highest BCUT2D eigenvalue weighted by Gasteiger charge is 2.10. The van der Waals surface area contributed by atoms with Gasteiger partial charge in [-0.15, -0.1) is 0 Å². The molecule has 0 aliphatic rings. The fourth-order valence-corrected chi connectivity index (χ4v) is 1.24. The first-order valence-electron chi connectivity index (χ1n) is 3.12. The highest BCUT2D eigenvalue weighted by atomic mass is 32.2. The van der Waals surface area contributed by atoms with E-state index in [-0.39, 0.29) is 5.54 Å². The molecular weight excluding hydrogens is 134 g/mol. The zero-order valence-electron chi connectivity index (χ0n) is 6.52. The SMILES string of the molecule is CC[S@](=O)NC(C)(C)C. The van der Waals surface area contributed by atoms with Gasteiger partial charge in [-0.3, -0.25) is 0 Å². The molecule has 56 valence electrons. The van der Waals surface area contributed by atoms with Gasteiger partial charge >= 0.3 is 0 Å². The van der Waals surface area contributed by atoms with Gasteiger partial charge < -0.3 is 0 Å². The average Bonchev–Trinajstić information content (AvgIpc) is 1.62. The van der Waals surface area contributed by atoms with Crippen LogP contribution >= 0.6 is 0 Å².